The minimum Gasteiger partial charge on any atom is -0.481 e. The Morgan fingerprint density at radius 2 is 1.64 bits per heavy atom. The normalized spacial score (nSPS) is 10.2. The van der Waals surface area contributed by atoms with Crippen LogP contribution in [-0.2, 0) is 11.3 Å². The van der Waals surface area contributed by atoms with E-state index in [2.05, 4.69) is 10.2 Å². The number of carbonyl (C=O) groups excluding carboxylic acids is 1. The van der Waals surface area contributed by atoms with Crippen LogP contribution in [0.3, 0.4) is 0 Å². The van der Waals surface area contributed by atoms with Crippen LogP contribution in [0.15, 0.2) is 54.6 Å². The van der Waals surface area contributed by atoms with Crippen LogP contribution in [0, 0.1) is 0 Å². The molecule has 0 fully saturated rings. The first-order valence-corrected chi connectivity index (χ1v) is 8.05. The van der Waals surface area contributed by atoms with E-state index in [9.17, 15) is 9.59 Å². The molecule has 2 aromatic carbocycles. The molecule has 0 heterocycles. The number of amides is 2. The number of rotatable bonds is 7. The van der Waals surface area contributed by atoms with E-state index in [1.165, 1.54) is 4.90 Å². The number of nitrogens with one attached hydrogen (secondary N) is 1. The standard InChI is InChI=1S/C19H23N3O3/c1-21(13-12-18(23)24)19(25)20-17-11-7-6-8-15(17)14-22(2)16-9-4-3-5-10-16/h3-11H,12-14H2,1-2H3,(H,20,25)(H,23,24). The molecule has 6 nitrogen and oxygen atoms in total. The number of para-hydroxylation sites is 2. The Bertz CT molecular complexity index is 719. The van der Waals surface area contributed by atoms with Gasteiger partial charge in [-0.15, -0.1) is 0 Å². The molecule has 2 amide bonds. The predicted octanol–water partition coefficient (Wildman–Crippen LogP) is 3.26. The molecule has 25 heavy (non-hydrogen) atoms. The van der Waals surface area contributed by atoms with Crippen molar-refractivity contribution in [2.45, 2.75) is 13.0 Å². The summed E-state index contributed by atoms with van der Waals surface area (Å²) in [4.78, 5) is 26.3. The molecule has 0 saturated heterocycles. The number of nitrogens with zero attached hydrogens (tertiary/aromatic N) is 2. The largest absolute Gasteiger partial charge is 0.481 e. The molecule has 6 heteroatoms. The van der Waals surface area contributed by atoms with E-state index in [1.54, 1.807) is 7.05 Å². The Kier molecular flexibility index (Phi) is 6.39. The van der Waals surface area contributed by atoms with Gasteiger partial charge in [-0.2, -0.15) is 0 Å². The van der Waals surface area contributed by atoms with Crippen LogP contribution in [0.4, 0.5) is 16.2 Å². The summed E-state index contributed by atoms with van der Waals surface area (Å²) < 4.78 is 0. The van der Waals surface area contributed by atoms with Crippen molar-refractivity contribution in [2.24, 2.45) is 0 Å². The third-order valence-corrected chi connectivity index (χ3v) is 3.87. The number of anilines is 2. The molecule has 0 aliphatic rings. The molecule has 2 rings (SSSR count). The molecule has 0 aromatic heterocycles. The van der Waals surface area contributed by atoms with Gasteiger partial charge in [0.15, 0.2) is 0 Å². The van der Waals surface area contributed by atoms with Gasteiger partial charge in [-0.3, -0.25) is 4.79 Å². The first-order valence-electron chi connectivity index (χ1n) is 8.05. The summed E-state index contributed by atoms with van der Waals surface area (Å²) in [6.07, 6.45) is -0.0810. The van der Waals surface area contributed by atoms with E-state index >= 15 is 0 Å². The number of carboxylic acid groups (broad SMARTS) is 1. The molecule has 0 saturated carbocycles. The summed E-state index contributed by atoms with van der Waals surface area (Å²) >= 11 is 0. The van der Waals surface area contributed by atoms with Crippen molar-refractivity contribution in [3.63, 3.8) is 0 Å². The fourth-order valence-electron chi connectivity index (χ4n) is 2.38. The molecule has 2 N–H and O–H groups in total. The fourth-order valence-corrected chi connectivity index (χ4v) is 2.38. The van der Waals surface area contributed by atoms with Gasteiger partial charge in [-0.1, -0.05) is 36.4 Å². The summed E-state index contributed by atoms with van der Waals surface area (Å²) in [5.74, 6) is -0.926. The van der Waals surface area contributed by atoms with Crippen molar-refractivity contribution in [3.05, 3.63) is 60.2 Å². The number of carbonyl (C=O) groups is 2. The number of hydrogen-bond donors (Lipinski definition) is 2. The number of benzene rings is 2. The Morgan fingerprint density at radius 1 is 1.00 bits per heavy atom. The van der Waals surface area contributed by atoms with Gasteiger partial charge < -0.3 is 20.2 Å². The van der Waals surface area contributed by atoms with Gasteiger partial charge in [0.05, 0.1) is 6.42 Å². The van der Waals surface area contributed by atoms with Gasteiger partial charge in [0, 0.05) is 38.6 Å². The van der Waals surface area contributed by atoms with Gasteiger partial charge in [0.2, 0.25) is 0 Å². The summed E-state index contributed by atoms with van der Waals surface area (Å²) in [6.45, 7) is 0.798. The van der Waals surface area contributed by atoms with E-state index in [-0.39, 0.29) is 19.0 Å². The number of aliphatic carboxylic acids is 1. The lowest BCUT2D eigenvalue weighted by Gasteiger charge is -2.22. The van der Waals surface area contributed by atoms with Crippen LogP contribution >= 0.6 is 0 Å². The zero-order valence-electron chi connectivity index (χ0n) is 14.5. The van der Waals surface area contributed by atoms with E-state index in [0.717, 1.165) is 16.9 Å². The van der Waals surface area contributed by atoms with Crippen LogP contribution in [0.1, 0.15) is 12.0 Å². The van der Waals surface area contributed by atoms with Crippen molar-refractivity contribution in [1.29, 1.82) is 0 Å². The summed E-state index contributed by atoms with van der Waals surface area (Å²) in [6, 6.07) is 17.3. The average molecular weight is 341 g/mol. The van der Waals surface area contributed by atoms with Crippen molar-refractivity contribution in [1.82, 2.24) is 4.90 Å². The topological polar surface area (TPSA) is 72.9 Å². The predicted molar refractivity (Wildman–Crippen MR) is 98.9 cm³/mol. The highest BCUT2D eigenvalue weighted by Crippen LogP contribution is 2.20. The lowest BCUT2D eigenvalue weighted by atomic mass is 10.1. The van der Waals surface area contributed by atoms with E-state index in [0.29, 0.717) is 6.54 Å². The molecule has 0 radical (unpaired) electrons. The summed E-state index contributed by atoms with van der Waals surface area (Å²) in [7, 11) is 3.57. The molecule has 0 bridgehead atoms. The molecule has 0 spiro atoms. The highest BCUT2D eigenvalue weighted by molar-refractivity contribution is 5.90. The average Bonchev–Trinajstić information content (AvgIpc) is 2.61. The highest BCUT2D eigenvalue weighted by atomic mass is 16.4. The minimum atomic E-state index is -0.926. The van der Waals surface area contributed by atoms with Gasteiger partial charge >= 0.3 is 12.0 Å². The monoisotopic (exact) mass is 341 g/mol. The van der Waals surface area contributed by atoms with Crippen LogP contribution in [0.5, 0.6) is 0 Å². The van der Waals surface area contributed by atoms with Crippen LogP contribution in [-0.4, -0.2) is 42.6 Å². The number of carboxylic acids is 1. The molecular weight excluding hydrogens is 318 g/mol. The number of hydrogen-bond acceptors (Lipinski definition) is 3. The van der Waals surface area contributed by atoms with Gasteiger partial charge in [0.25, 0.3) is 0 Å². The Hall–Kier alpha value is -3.02. The zero-order valence-corrected chi connectivity index (χ0v) is 14.5. The summed E-state index contributed by atoms with van der Waals surface area (Å²) in [5, 5.41) is 11.6. The summed E-state index contributed by atoms with van der Waals surface area (Å²) in [5.41, 5.74) is 2.79. The highest BCUT2D eigenvalue weighted by Gasteiger charge is 2.13. The quantitative estimate of drug-likeness (QED) is 0.811. The Labute approximate surface area is 147 Å². The fraction of sp³-hybridized carbons (Fsp3) is 0.263. The Balaban J connectivity index is 2.05. The zero-order chi connectivity index (χ0) is 18.2. The molecule has 132 valence electrons. The third kappa shape index (κ3) is 5.53. The maximum absolute atomic E-state index is 12.2. The SMILES string of the molecule is CN(CCC(=O)O)C(=O)Nc1ccccc1CN(C)c1ccccc1. The molecule has 2 aromatic rings. The second-order valence-electron chi connectivity index (χ2n) is 5.84. The molecular formula is C19H23N3O3. The van der Waals surface area contributed by atoms with Crippen LogP contribution in [0.25, 0.3) is 0 Å². The van der Waals surface area contributed by atoms with Crippen molar-refractivity contribution in [2.75, 3.05) is 30.9 Å². The molecule has 0 aliphatic heterocycles. The lowest BCUT2D eigenvalue weighted by molar-refractivity contribution is -0.137. The van der Waals surface area contributed by atoms with Crippen molar-refractivity contribution in [3.8, 4) is 0 Å². The van der Waals surface area contributed by atoms with Crippen LogP contribution < -0.4 is 10.2 Å². The van der Waals surface area contributed by atoms with Crippen molar-refractivity contribution < 1.29 is 14.7 Å². The second kappa shape index (κ2) is 8.73. The molecule has 0 unspecified atom stereocenters. The van der Waals surface area contributed by atoms with E-state index in [4.69, 9.17) is 5.11 Å². The van der Waals surface area contributed by atoms with E-state index in [1.807, 2.05) is 61.6 Å². The molecule has 0 atom stereocenters. The van der Waals surface area contributed by atoms with E-state index < -0.39 is 5.97 Å². The number of urea groups is 1. The Morgan fingerprint density at radius 3 is 2.32 bits per heavy atom. The smallest absolute Gasteiger partial charge is 0.321 e. The minimum absolute atomic E-state index is 0.0810. The maximum atomic E-state index is 12.2. The van der Waals surface area contributed by atoms with Crippen molar-refractivity contribution >= 4 is 23.4 Å². The maximum Gasteiger partial charge on any atom is 0.321 e. The first kappa shape index (κ1) is 18.3. The second-order valence-corrected chi connectivity index (χ2v) is 5.84. The van der Waals surface area contributed by atoms with Gasteiger partial charge in [-0.25, -0.2) is 4.79 Å². The van der Waals surface area contributed by atoms with Gasteiger partial charge in [0.1, 0.15) is 0 Å². The molecule has 0 aliphatic carbocycles. The van der Waals surface area contributed by atoms with Gasteiger partial charge in [-0.05, 0) is 23.8 Å². The third-order valence-electron chi connectivity index (χ3n) is 3.87. The lowest BCUT2D eigenvalue weighted by Crippen LogP contribution is -2.33. The van der Waals surface area contributed by atoms with Crippen LogP contribution in [0.2, 0.25) is 0 Å². The first-order chi connectivity index (χ1) is 12.0.